The highest BCUT2D eigenvalue weighted by atomic mass is 35.5. The predicted molar refractivity (Wildman–Crippen MR) is 68.4 cm³/mol. The quantitative estimate of drug-likeness (QED) is 0.824. The fraction of sp³-hybridized carbons (Fsp3) is 0.417. The molecular weight excluding hydrogens is 240 g/mol. The average molecular weight is 254 g/mol. The number of hydrogen-bond acceptors (Lipinski definition) is 4. The van der Waals surface area contributed by atoms with E-state index in [1.807, 2.05) is 25.2 Å². The van der Waals surface area contributed by atoms with Crippen molar-refractivity contribution in [3.05, 3.63) is 23.2 Å². The van der Waals surface area contributed by atoms with Gasteiger partial charge >= 0.3 is 0 Å². The fourth-order valence-corrected chi connectivity index (χ4v) is 1.88. The maximum Gasteiger partial charge on any atom is 0.273 e. The van der Waals surface area contributed by atoms with Crippen molar-refractivity contribution in [3.8, 4) is 5.75 Å². The highest BCUT2D eigenvalue weighted by Gasteiger charge is 2.16. The normalized spacial score (nSPS) is 17.9. The Labute approximate surface area is 106 Å². The summed E-state index contributed by atoms with van der Waals surface area (Å²) in [6, 6.07) is 5.83. The number of aliphatic imine (C=N–C) groups is 1. The zero-order chi connectivity index (χ0) is 12.3. The van der Waals surface area contributed by atoms with E-state index in [1.54, 1.807) is 7.11 Å². The first-order chi connectivity index (χ1) is 8.20. The van der Waals surface area contributed by atoms with Gasteiger partial charge in [-0.15, -0.1) is 0 Å². The number of halogens is 1. The first kappa shape index (κ1) is 12.0. The Morgan fingerprint density at radius 3 is 3.12 bits per heavy atom. The van der Waals surface area contributed by atoms with Crippen LogP contribution < -0.4 is 9.64 Å². The summed E-state index contributed by atoms with van der Waals surface area (Å²) in [4.78, 5) is 6.18. The SMILES string of the molecule is COc1cc(N(C)CC2CO[C]=N2)ccc1Cl. The minimum atomic E-state index is 0.140. The molecule has 0 N–H and O–H groups in total. The van der Waals surface area contributed by atoms with Gasteiger partial charge in [-0.1, -0.05) is 11.6 Å². The molecule has 91 valence electrons. The van der Waals surface area contributed by atoms with E-state index in [0.29, 0.717) is 17.4 Å². The smallest absolute Gasteiger partial charge is 0.273 e. The summed E-state index contributed by atoms with van der Waals surface area (Å²) < 4.78 is 10.2. The topological polar surface area (TPSA) is 34.1 Å². The molecule has 1 unspecified atom stereocenters. The number of anilines is 1. The molecule has 1 aliphatic heterocycles. The highest BCUT2D eigenvalue weighted by molar-refractivity contribution is 6.32. The van der Waals surface area contributed by atoms with Gasteiger partial charge < -0.3 is 14.4 Å². The Bertz CT molecular complexity index is 423. The predicted octanol–water partition coefficient (Wildman–Crippen LogP) is 2.09. The minimum Gasteiger partial charge on any atom is -0.495 e. The van der Waals surface area contributed by atoms with E-state index in [1.165, 1.54) is 0 Å². The number of likely N-dealkylation sites (N-methyl/N-ethyl adjacent to an activating group) is 1. The lowest BCUT2D eigenvalue weighted by atomic mass is 10.2. The van der Waals surface area contributed by atoms with Gasteiger partial charge in [0.1, 0.15) is 18.4 Å². The molecule has 2 rings (SSSR count). The number of methoxy groups -OCH3 is 1. The van der Waals surface area contributed by atoms with Crippen molar-refractivity contribution in [3.63, 3.8) is 0 Å². The van der Waals surface area contributed by atoms with E-state index >= 15 is 0 Å². The molecule has 0 bridgehead atoms. The van der Waals surface area contributed by atoms with E-state index in [2.05, 4.69) is 16.3 Å². The van der Waals surface area contributed by atoms with Crippen molar-refractivity contribution >= 4 is 23.7 Å². The molecule has 1 aliphatic rings. The molecule has 0 spiro atoms. The van der Waals surface area contributed by atoms with Crippen LogP contribution in [0.15, 0.2) is 23.2 Å². The lowest BCUT2D eigenvalue weighted by Crippen LogP contribution is -2.28. The van der Waals surface area contributed by atoms with Crippen LogP contribution in [0.2, 0.25) is 5.02 Å². The van der Waals surface area contributed by atoms with Crippen molar-refractivity contribution in [2.45, 2.75) is 6.04 Å². The molecule has 1 aromatic rings. The largest absolute Gasteiger partial charge is 0.495 e. The van der Waals surface area contributed by atoms with Crippen molar-refractivity contribution in [1.82, 2.24) is 0 Å². The van der Waals surface area contributed by atoms with Crippen LogP contribution in [-0.4, -0.2) is 39.8 Å². The molecular formula is C12H14ClN2O2. The second kappa shape index (κ2) is 5.27. The molecule has 5 heteroatoms. The van der Waals surface area contributed by atoms with E-state index in [0.717, 1.165) is 12.2 Å². The molecule has 0 saturated heterocycles. The molecule has 0 aromatic heterocycles. The van der Waals surface area contributed by atoms with Gasteiger partial charge in [-0.3, -0.25) is 0 Å². The molecule has 0 amide bonds. The third-order valence-corrected chi connectivity index (χ3v) is 2.95. The van der Waals surface area contributed by atoms with Gasteiger partial charge in [-0.05, 0) is 12.1 Å². The van der Waals surface area contributed by atoms with Crippen LogP contribution in [-0.2, 0) is 4.74 Å². The van der Waals surface area contributed by atoms with Gasteiger partial charge in [0.15, 0.2) is 0 Å². The number of nitrogens with zero attached hydrogens (tertiary/aromatic N) is 2. The van der Waals surface area contributed by atoms with Gasteiger partial charge in [-0.25, -0.2) is 4.99 Å². The molecule has 0 aliphatic carbocycles. The van der Waals surface area contributed by atoms with Crippen molar-refractivity contribution < 1.29 is 9.47 Å². The number of rotatable bonds is 4. The van der Waals surface area contributed by atoms with Gasteiger partial charge in [0.2, 0.25) is 0 Å². The van der Waals surface area contributed by atoms with Crippen molar-refractivity contribution in [2.75, 3.05) is 32.2 Å². The first-order valence-electron chi connectivity index (χ1n) is 5.32. The Morgan fingerprint density at radius 2 is 2.47 bits per heavy atom. The van der Waals surface area contributed by atoms with Gasteiger partial charge in [0.25, 0.3) is 6.40 Å². The molecule has 0 fully saturated rings. The van der Waals surface area contributed by atoms with Crippen LogP contribution in [0, 0.1) is 0 Å². The fourth-order valence-electron chi connectivity index (χ4n) is 1.68. The molecule has 1 aromatic carbocycles. The summed E-state index contributed by atoms with van der Waals surface area (Å²) in [5.74, 6) is 0.675. The highest BCUT2D eigenvalue weighted by Crippen LogP contribution is 2.29. The third-order valence-electron chi connectivity index (χ3n) is 2.64. The van der Waals surface area contributed by atoms with Gasteiger partial charge in [-0.2, -0.15) is 0 Å². The Kier molecular flexibility index (Phi) is 3.74. The Hall–Kier alpha value is -1.42. The summed E-state index contributed by atoms with van der Waals surface area (Å²) >= 11 is 5.98. The van der Waals surface area contributed by atoms with Crippen LogP contribution >= 0.6 is 11.6 Å². The Morgan fingerprint density at radius 1 is 1.65 bits per heavy atom. The molecule has 4 nitrogen and oxygen atoms in total. The lowest BCUT2D eigenvalue weighted by molar-refractivity contribution is 0.329. The summed E-state index contributed by atoms with van der Waals surface area (Å²) in [6.07, 6.45) is 2.51. The van der Waals surface area contributed by atoms with Gasteiger partial charge in [0.05, 0.1) is 12.1 Å². The van der Waals surface area contributed by atoms with Crippen molar-refractivity contribution in [1.29, 1.82) is 0 Å². The second-order valence-corrected chi connectivity index (χ2v) is 4.29. The standard InChI is InChI=1S/C12H14ClN2O2/c1-15(6-9-7-17-8-14-9)10-3-4-11(13)12(5-10)16-2/h3-5,9H,6-7H2,1-2H3. The van der Waals surface area contributed by atoms with Crippen LogP contribution in [0.5, 0.6) is 5.75 Å². The van der Waals surface area contributed by atoms with Crippen LogP contribution in [0.1, 0.15) is 0 Å². The molecule has 1 atom stereocenters. The van der Waals surface area contributed by atoms with Crippen LogP contribution in [0.25, 0.3) is 0 Å². The number of benzene rings is 1. The monoisotopic (exact) mass is 253 g/mol. The van der Waals surface area contributed by atoms with Crippen LogP contribution in [0.4, 0.5) is 5.69 Å². The third kappa shape index (κ3) is 2.82. The molecule has 1 radical (unpaired) electrons. The van der Waals surface area contributed by atoms with Crippen molar-refractivity contribution in [2.24, 2.45) is 4.99 Å². The average Bonchev–Trinajstić information content (AvgIpc) is 2.82. The minimum absolute atomic E-state index is 0.140. The number of hydrogen-bond donors (Lipinski definition) is 0. The van der Waals surface area contributed by atoms with Crippen LogP contribution in [0.3, 0.4) is 0 Å². The Balaban J connectivity index is 2.07. The maximum atomic E-state index is 5.98. The number of ether oxygens (including phenoxy) is 2. The molecule has 17 heavy (non-hydrogen) atoms. The zero-order valence-electron chi connectivity index (χ0n) is 9.81. The van der Waals surface area contributed by atoms with E-state index in [-0.39, 0.29) is 6.04 Å². The summed E-state index contributed by atoms with van der Waals surface area (Å²) in [7, 11) is 3.60. The summed E-state index contributed by atoms with van der Waals surface area (Å²) in [6.45, 7) is 1.37. The first-order valence-corrected chi connectivity index (χ1v) is 5.70. The molecule has 1 heterocycles. The molecule has 0 saturated carbocycles. The van der Waals surface area contributed by atoms with E-state index in [4.69, 9.17) is 21.1 Å². The summed E-state index contributed by atoms with van der Waals surface area (Å²) in [5, 5.41) is 0.611. The maximum absolute atomic E-state index is 5.98. The van der Waals surface area contributed by atoms with Gasteiger partial charge in [0, 0.05) is 25.3 Å². The lowest BCUT2D eigenvalue weighted by Gasteiger charge is -2.21. The summed E-state index contributed by atoms with van der Waals surface area (Å²) in [5.41, 5.74) is 1.04. The van der Waals surface area contributed by atoms with E-state index in [9.17, 15) is 0 Å². The van der Waals surface area contributed by atoms with E-state index < -0.39 is 0 Å². The zero-order valence-corrected chi connectivity index (χ0v) is 10.6. The second-order valence-electron chi connectivity index (χ2n) is 3.88.